The van der Waals surface area contributed by atoms with E-state index in [1.54, 1.807) is 0 Å². The van der Waals surface area contributed by atoms with Crippen LogP contribution < -0.4 is 0 Å². The van der Waals surface area contributed by atoms with Crippen molar-refractivity contribution >= 4 is 12.2 Å². The number of nitrogens with one attached hydrogen (secondary N) is 1. The summed E-state index contributed by atoms with van der Waals surface area (Å²) in [6.07, 6.45) is 5.78. The SMILES string of the molecule is CC(C)N1CCCCC1c1ccc[nH]c1=S. The molecule has 1 unspecified atom stereocenters. The number of pyridine rings is 1. The molecule has 1 N–H and O–H groups in total. The van der Waals surface area contributed by atoms with E-state index < -0.39 is 0 Å². The Morgan fingerprint density at radius 2 is 2.25 bits per heavy atom. The summed E-state index contributed by atoms with van der Waals surface area (Å²) in [6.45, 7) is 5.74. The molecule has 88 valence electrons. The van der Waals surface area contributed by atoms with Crippen molar-refractivity contribution < 1.29 is 0 Å². The van der Waals surface area contributed by atoms with E-state index in [2.05, 4.69) is 35.9 Å². The third kappa shape index (κ3) is 2.36. The van der Waals surface area contributed by atoms with Crippen LogP contribution in [0.5, 0.6) is 0 Å². The first kappa shape index (κ1) is 11.8. The van der Waals surface area contributed by atoms with Crippen LogP contribution in [0.3, 0.4) is 0 Å². The number of aromatic nitrogens is 1. The second-order valence-corrected chi connectivity index (χ2v) is 5.21. The summed E-state index contributed by atoms with van der Waals surface area (Å²) in [5, 5.41) is 0. The number of aromatic amines is 1. The smallest absolute Gasteiger partial charge is 0.108 e. The number of likely N-dealkylation sites (tertiary alicyclic amines) is 1. The quantitative estimate of drug-likeness (QED) is 0.790. The molecule has 1 aromatic rings. The van der Waals surface area contributed by atoms with Crippen LogP contribution in [0.2, 0.25) is 0 Å². The monoisotopic (exact) mass is 236 g/mol. The predicted molar refractivity (Wildman–Crippen MR) is 70.1 cm³/mol. The summed E-state index contributed by atoms with van der Waals surface area (Å²) >= 11 is 5.39. The molecule has 2 heterocycles. The second kappa shape index (κ2) is 5.11. The topological polar surface area (TPSA) is 19.0 Å². The van der Waals surface area contributed by atoms with Crippen LogP contribution in [0.1, 0.15) is 44.7 Å². The third-order valence-corrected chi connectivity index (χ3v) is 3.77. The van der Waals surface area contributed by atoms with E-state index in [-0.39, 0.29) is 0 Å². The van der Waals surface area contributed by atoms with Crippen LogP contribution in [0, 0.1) is 4.64 Å². The Balaban J connectivity index is 2.30. The standard InChI is InChI=1S/C13H20N2S/c1-10(2)15-9-4-3-7-12(15)11-6-5-8-14-13(11)16/h5-6,8,10,12H,3-4,7,9H2,1-2H3,(H,14,16). The minimum atomic E-state index is 0.513. The number of H-pyrrole nitrogens is 1. The maximum atomic E-state index is 5.39. The first-order valence-electron chi connectivity index (χ1n) is 6.13. The highest BCUT2D eigenvalue weighted by atomic mass is 32.1. The van der Waals surface area contributed by atoms with E-state index in [1.165, 1.54) is 31.4 Å². The molecule has 1 aliphatic rings. The molecule has 0 aliphatic carbocycles. The summed E-state index contributed by atoms with van der Waals surface area (Å²) < 4.78 is 0.903. The Morgan fingerprint density at radius 3 is 2.94 bits per heavy atom. The lowest BCUT2D eigenvalue weighted by molar-refractivity contribution is 0.111. The first-order valence-corrected chi connectivity index (χ1v) is 6.54. The van der Waals surface area contributed by atoms with Gasteiger partial charge in [-0.05, 0) is 39.3 Å². The van der Waals surface area contributed by atoms with Gasteiger partial charge in [0.15, 0.2) is 0 Å². The summed E-state index contributed by atoms with van der Waals surface area (Å²) in [6, 6.07) is 5.33. The Kier molecular flexibility index (Phi) is 3.77. The van der Waals surface area contributed by atoms with Gasteiger partial charge in [-0.1, -0.05) is 24.7 Å². The van der Waals surface area contributed by atoms with Crippen LogP contribution in [-0.2, 0) is 0 Å². The molecule has 1 fully saturated rings. The van der Waals surface area contributed by atoms with Crippen molar-refractivity contribution in [1.29, 1.82) is 0 Å². The number of hydrogen-bond donors (Lipinski definition) is 1. The summed E-state index contributed by atoms with van der Waals surface area (Å²) in [4.78, 5) is 5.72. The molecular formula is C13H20N2S. The van der Waals surface area contributed by atoms with Crippen LogP contribution in [0.15, 0.2) is 18.3 Å². The van der Waals surface area contributed by atoms with E-state index in [4.69, 9.17) is 12.2 Å². The highest BCUT2D eigenvalue weighted by Gasteiger charge is 2.26. The Morgan fingerprint density at radius 1 is 1.44 bits per heavy atom. The van der Waals surface area contributed by atoms with Crippen molar-refractivity contribution in [3.05, 3.63) is 28.5 Å². The van der Waals surface area contributed by atoms with Gasteiger partial charge in [0, 0.05) is 23.8 Å². The average molecular weight is 236 g/mol. The van der Waals surface area contributed by atoms with Gasteiger partial charge in [0.2, 0.25) is 0 Å². The fourth-order valence-corrected chi connectivity index (χ4v) is 2.88. The van der Waals surface area contributed by atoms with Gasteiger partial charge in [-0.3, -0.25) is 4.90 Å². The maximum Gasteiger partial charge on any atom is 0.108 e. The minimum absolute atomic E-state index is 0.513. The molecule has 1 saturated heterocycles. The van der Waals surface area contributed by atoms with Crippen LogP contribution in [-0.4, -0.2) is 22.5 Å². The maximum absolute atomic E-state index is 5.39. The highest BCUT2D eigenvalue weighted by molar-refractivity contribution is 7.71. The van der Waals surface area contributed by atoms with Gasteiger partial charge >= 0.3 is 0 Å². The predicted octanol–water partition coefficient (Wildman–Crippen LogP) is 3.68. The van der Waals surface area contributed by atoms with Crippen LogP contribution in [0.4, 0.5) is 0 Å². The Bertz CT molecular complexity index is 397. The summed E-state index contributed by atoms with van der Waals surface area (Å²) in [7, 11) is 0. The average Bonchev–Trinajstić information content (AvgIpc) is 2.29. The molecule has 16 heavy (non-hydrogen) atoms. The molecule has 2 nitrogen and oxygen atoms in total. The van der Waals surface area contributed by atoms with E-state index in [0.717, 1.165) is 4.64 Å². The third-order valence-electron chi connectivity index (χ3n) is 3.42. The van der Waals surface area contributed by atoms with E-state index in [9.17, 15) is 0 Å². The molecule has 1 aromatic heterocycles. The van der Waals surface area contributed by atoms with Gasteiger partial charge in [0.05, 0.1) is 0 Å². The Hall–Kier alpha value is -0.670. The fraction of sp³-hybridized carbons (Fsp3) is 0.615. The first-order chi connectivity index (χ1) is 7.70. The van der Waals surface area contributed by atoms with Crippen LogP contribution >= 0.6 is 12.2 Å². The van der Waals surface area contributed by atoms with Crippen molar-refractivity contribution in [1.82, 2.24) is 9.88 Å². The molecule has 0 amide bonds. The normalized spacial score (nSPS) is 22.6. The fourth-order valence-electron chi connectivity index (χ4n) is 2.60. The molecule has 1 aliphatic heterocycles. The zero-order valence-corrected chi connectivity index (χ0v) is 10.9. The lowest BCUT2D eigenvalue weighted by Gasteiger charge is -2.38. The Labute approximate surface area is 103 Å². The second-order valence-electron chi connectivity index (χ2n) is 4.80. The van der Waals surface area contributed by atoms with Crippen molar-refractivity contribution in [3.8, 4) is 0 Å². The van der Waals surface area contributed by atoms with E-state index in [0.29, 0.717) is 12.1 Å². The number of hydrogen-bond acceptors (Lipinski definition) is 2. The van der Waals surface area contributed by atoms with Crippen molar-refractivity contribution in [2.24, 2.45) is 0 Å². The van der Waals surface area contributed by atoms with E-state index in [1.807, 2.05) is 6.20 Å². The van der Waals surface area contributed by atoms with Gasteiger partial charge in [-0.25, -0.2) is 0 Å². The van der Waals surface area contributed by atoms with Gasteiger partial charge in [0.25, 0.3) is 0 Å². The van der Waals surface area contributed by atoms with Gasteiger partial charge in [0.1, 0.15) is 4.64 Å². The van der Waals surface area contributed by atoms with Gasteiger partial charge < -0.3 is 4.98 Å². The van der Waals surface area contributed by atoms with E-state index >= 15 is 0 Å². The van der Waals surface area contributed by atoms with Gasteiger partial charge in [-0.2, -0.15) is 0 Å². The van der Waals surface area contributed by atoms with Crippen LogP contribution in [0.25, 0.3) is 0 Å². The summed E-state index contributed by atoms with van der Waals surface area (Å²) in [5.41, 5.74) is 1.30. The molecule has 3 heteroatoms. The highest BCUT2D eigenvalue weighted by Crippen LogP contribution is 2.32. The zero-order valence-electron chi connectivity index (χ0n) is 10.1. The van der Waals surface area contributed by atoms with Crippen molar-refractivity contribution in [2.75, 3.05) is 6.54 Å². The molecule has 1 atom stereocenters. The lowest BCUT2D eigenvalue weighted by Crippen LogP contribution is -2.38. The van der Waals surface area contributed by atoms with Crippen molar-refractivity contribution in [3.63, 3.8) is 0 Å². The molecule has 0 radical (unpaired) electrons. The van der Waals surface area contributed by atoms with Gasteiger partial charge in [-0.15, -0.1) is 0 Å². The number of nitrogens with zero attached hydrogens (tertiary/aromatic N) is 1. The molecule has 0 bridgehead atoms. The summed E-state index contributed by atoms with van der Waals surface area (Å²) in [5.74, 6) is 0. The van der Waals surface area contributed by atoms with Crippen molar-refractivity contribution in [2.45, 2.75) is 45.2 Å². The minimum Gasteiger partial charge on any atom is -0.353 e. The molecule has 0 aromatic carbocycles. The molecule has 2 rings (SSSR count). The largest absolute Gasteiger partial charge is 0.353 e. The zero-order chi connectivity index (χ0) is 11.5. The number of rotatable bonds is 2. The molecule has 0 saturated carbocycles. The molecular weight excluding hydrogens is 216 g/mol. The molecule has 0 spiro atoms. The number of piperidine rings is 1. The lowest BCUT2D eigenvalue weighted by atomic mass is 9.95.